The number of aryl methyl sites for hydroxylation is 1. The number of hydrogen-bond acceptors (Lipinski definition) is 3. The summed E-state index contributed by atoms with van der Waals surface area (Å²) in [6, 6.07) is 9.57. The van der Waals surface area contributed by atoms with E-state index in [1.165, 1.54) is 0 Å². The predicted octanol–water partition coefficient (Wildman–Crippen LogP) is 3.36. The monoisotopic (exact) mass is 372 g/mol. The lowest BCUT2D eigenvalue weighted by atomic mass is 10.1. The minimum atomic E-state index is -0.209. The maximum atomic E-state index is 13.1. The summed E-state index contributed by atoms with van der Waals surface area (Å²) in [5.41, 5.74) is 1.82. The number of amides is 1. The molecule has 1 saturated carbocycles. The number of pyridine rings is 1. The Kier molecular flexibility index (Phi) is 4.59. The molecule has 1 amide bonds. The van der Waals surface area contributed by atoms with Crippen LogP contribution in [0.5, 0.6) is 0 Å². The molecule has 5 nitrogen and oxygen atoms in total. The van der Waals surface area contributed by atoms with Gasteiger partial charge in [-0.1, -0.05) is 23.7 Å². The van der Waals surface area contributed by atoms with Gasteiger partial charge < -0.3 is 14.2 Å². The number of carbonyl (C=O) groups excluding carboxylic acids is 1. The maximum absolute atomic E-state index is 13.1. The van der Waals surface area contributed by atoms with Crippen LogP contribution < -0.4 is 5.56 Å². The van der Waals surface area contributed by atoms with Gasteiger partial charge in [0, 0.05) is 23.8 Å². The Labute approximate surface area is 157 Å². The van der Waals surface area contributed by atoms with Gasteiger partial charge in [-0.2, -0.15) is 0 Å². The number of hydrogen-bond donors (Lipinski definition) is 0. The first-order valence-electron chi connectivity index (χ1n) is 8.92. The lowest BCUT2D eigenvalue weighted by Gasteiger charge is -2.33. The summed E-state index contributed by atoms with van der Waals surface area (Å²) in [6.07, 6.45) is 3.61. The zero-order chi connectivity index (χ0) is 18.3. The van der Waals surface area contributed by atoms with Crippen LogP contribution in [-0.2, 0) is 4.74 Å². The van der Waals surface area contributed by atoms with Crippen molar-refractivity contribution in [1.29, 1.82) is 0 Å². The van der Waals surface area contributed by atoms with E-state index in [1.807, 2.05) is 43.5 Å². The highest BCUT2D eigenvalue weighted by molar-refractivity contribution is 6.30. The smallest absolute Gasteiger partial charge is 0.263 e. The largest absolute Gasteiger partial charge is 0.370 e. The standard InChI is InChI=1S/C20H21ClN2O3/c1-13-8-9-23(16-6-7-16)20(25)18(13)19(24)22-10-11-26-17(12-22)14-2-4-15(21)5-3-14/h2-5,8-9,16-17H,6-7,10-12H2,1H3. The van der Waals surface area contributed by atoms with E-state index >= 15 is 0 Å². The fourth-order valence-corrected chi connectivity index (χ4v) is 3.54. The molecule has 0 bridgehead atoms. The zero-order valence-electron chi connectivity index (χ0n) is 14.7. The lowest BCUT2D eigenvalue weighted by Crippen LogP contribution is -2.44. The van der Waals surface area contributed by atoms with Crippen LogP contribution in [0.15, 0.2) is 41.3 Å². The topological polar surface area (TPSA) is 51.5 Å². The second-order valence-corrected chi connectivity index (χ2v) is 7.42. The minimum Gasteiger partial charge on any atom is -0.370 e. The van der Waals surface area contributed by atoms with Gasteiger partial charge in [-0.15, -0.1) is 0 Å². The van der Waals surface area contributed by atoms with Crippen LogP contribution in [0.2, 0.25) is 5.02 Å². The average Bonchev–Trinajstić information content (AvgIpc) is 3.47. The highest BCUT2D eigenvalue weighted by Gasteiger charge is 2.31. The SMILES string of the molecule is Cc1ccn(C2CC2)c(=O)c1C(=O)N1CCOC(c2ccc(Cl)cc2)C1. The molecule has 1 aliphatic heterocycles. The van der Waals surface area contributed by atoms with Crippen molar-refractivity contribution in [2.75, 3.05) is 19.7 Å². The molecule has 1 atom stereocenters. The van der Waals surface area contributed by atoms with Crippen molar-refractivity contribution in [3.63, 3.8) is 0 Å². The van der Waals surface area contributed by atoms with Gasteiger partial charge in [-0.25, -0.2) is 0 Å². The van der Waals surface area contributed by atoms with Crippen molar-refractivity contribution in [2.24, 2.45) is 0 Å². The van der Waals surface area contributed by atoms with Gasteiger partial charge in [0.05, 0.1) is 13.2 Å². The van der Waals surface area contributed by atoms with Crippen molar-refractivity contribution in [3.05, 3.63) is 68.6 Å². The Bertz CT molecular complexity index is 887. The number of aromatic nitrogens is 1. The number of benzene rings is 1. The number of ether oxygens (including phenoxy) is 1. The number of carbonyl (C=O) groups is 1. The average molecular weight is 373 g/mol. The highest BCUT2D eigenvalue weighted by atomic mass is 35.5. The quantitative estimate of drug-likeness (QED) is 0.830. The second-order valence-electron chi connectivity index (χ2n) is 6.98. The Morgan fingerprint density at radius 1 is 1.19 bits per heavy atom. The number of morpholine rings is 1. The molecule has 0 spiro atoms. The van der Waals surface area contributed by atoms with Gasteiger partial charge in [-0.3, -0.25) is 9.59 Å². The van der Waals surface area contributed by atoms with Crippen LogP contribution in [0.1, 0.15) is 46.5 Å². The van der Waals surface area contributed by atoms with Crippen LogP contribution >= 0.6 is 11.6 Å². The highest BCUT2D eigenvalue weighted by Crippen LogP contribution is 2.33. The number of rotatable bonds is 3. The molecule has 1 unspecified atom stereocenters. The Balaban J connectivity index is 1.59. The lowest BCUT2D eigenvalue weighted by molar-refractivity contribution is -0.0229. The molecule has 2 heterocycles. The summed E-state index contributed by atoms with van der Waals surface area (Å²) in [7, 11) is 0. The third kappa shape index (κ3) is 3.29. The summed E-state index contributed by atoms with van der Waals surface area (Å²) in [5, 5.41) is 0.665. The molecule has 26 heavy (non-hydrogen) atoms. The molecular formula is C20H21ClN2O3. The first-order valence-corrected chi connectivity index (χ1v) is 9.30. The molecule has 1 aromatic heterocycles. The molecule has 2 aliphatic rings. The first-order chi connectivity index (χ1) is 12.5. The van der Waals surface area contributed by atoms with Crippen LogP contribution in [-0.4, -0.2) is 35.1 Å². The van der Waals surface area contributed by atoms with E-state index in [0.717, 1.165) is 24.0 Å². The summed E-state index contributed by atoms with van der Waals surface area (Å²) in [4.78, 5) is 27.6. The Morgan fingerprint density at radius 2 is 1.92 bits per heavy atom. The molecule has 4 rings (SSSR count). The van der Waals surface area contributed by atoms with E-state index in [2.05, 4.69) is 0 Å². The van der Waals surface area contributed by atoms with Gasteiger partial charge in [0.1, 0.15) is 11.7 Å². The molecule has 0 N–H and O–H groups in total. The third-order valence-electron chi connectivity index (χ3n) is 5.08. The molecule has 136 valence electrons. The van der Waals surface area contributed by atoms with E-state index in [-0.39, 0.29) is 29.2 Å². The van der Waals surface area contributed by atoms with E-state index in [9.17, 15) is 9.59 Å². The van der Waals surface area contributed by atoms with Crippen molar-refractivity contribution < 1.29 is 9.53 Å². The van der Waals surface area contributed by atoms with E-state index in [0.29, 0.717) is 24.7 Å². The van der Waals surface area contributed by atoms with Crippen LogP contribution in [0.3, 0.4) is 0 Å². The van der Waals surface area contributed by atoms with Gasteiger partial charge in [0.25, 0.3) is 11.5 Å². The predicted molar refractivity (Wildman–Crippen MR) is 99.8 cm³/mol. The molecule has 1 aliphatic carbocycles. The van der Waals surface area contributed by atoms with E-state index in [1.54, 1.807) is 9.47 Å². The fraction of sp³-hybridized carbons (Fsp3) is 0.400. The van der Waals surface area contributed by atoms with Crippen LogP contribution in [0.4, 0.5) is 0 Å². The first kappa shape index (κ1) is 17.3. The number of nitrogens with zero attached hydrogens (tertiary/aromatic N) is 2. The summed E-state index contributed by atoms with van der Waals surface area (Å²) >= 11 is 5.95. The fourth-order valence-electron chi connectivity index (χ4n) is 3.41. The van der Waals surface area contributed by atoms with Gasteiger partial charge >= 0.3 is 0 Å². The maximum Gasteiger partial charge on any atom is 0.263 e. The van der Waals surface area contributed by atoms with Gasteiger partial charge in [-0.05, 0) is 49.1 Å². The Morgan fingerprint density at radius 3 is 2.62 bits per heavy atom. The van der Waals surface area contributed by atoms with E-state index in [4.69, 9.17) is 16.3 Å². The van der Waals surface area contributed by atoms with Crippen LogP contribution in [0, 0.1) is 6.92 Å². The normalized spacial score (nSPS) is 20.2. The van der Waals surface area contributed by atoms with Crippen molar-refractivity contribution in [3.8, 4) is 0 Å². The summed E-state index contributed by atoms with van der Waals surface area (Å²) < 4.78 is 7.54. The third-order valence-corrected chi connectivity index (χ3v) is 5.33. The number of halogens is 1. The molecule has 2 fully saturated rings. The molecule has 2 aromatic rings. The second kappa shape index (κ2) is 6.89. The molecule has 6 heteroatoms. The van der Waals surface area contributed by atoms with Crippen molar-refractivity contribution in [1.82, 2.24) is 9.47 Å². The van der Waals surface area contributed by atoms with Crippen molar-refractivity contribution in [2.45, 2.75) is 31.9 Å². The van der Waals surface area contributed by atoms with Gasteiger partial charge in [0.15, 0.2) is 0 Å². The Hall–Kier alpha value is -2.11. The van der Waals surface area contributed by atoms with Gasteiger partial charge in [0.2, 0.25) is 0 Å². The zero-order valence-corrected chi connectivity index (χ0v) is 15.4. The molecular weight excluding hydrogens is 352 g/mol. The van der Waals surface area contributed by atoms with E-state index < -0.39 is 0 Å². The van der Waals surface area contributed by atoms with Crippen LogP contribution in [0.25, 0.3) is 0 Å². The molecule has 1 aromatic carbocycles. The summed E-state index contributed by atoms with van der Waals surface area (Å²) in [5.74, 6) is -0.204. The van der Waals surface area contributed by atoms with Crippen molar-refractivity contribution >= 4 is 17.5 Å². The molecule has 0 radical (unpaired) electrons. The minimum absolute atomic E-state index is 0.174. The summed E-state index contributed by atoms with van der Waals surface area (Å²) in [6.45, 7) is 3.18. The molecule has 1 saturated heterocycles.